The normalized spacial score (nSPS) is 30.5. The topological polar surface area (TPSA) is 35.6 Å². The highest BCUT2D eigenvalue weighted by Crippen LogP contribution is 2.44. The summed E-state index contributed by atoms with van der Waals surface area (Å²) in [5.74, 6) is 0.546. The highest BCUT2D eigenvalue weighted by Gasteiger charge is 2.48. The highest BCUT2D eigenvalue weighted by atomic mass is 35.5. The van der Waals surface area contributed by atoms with E-state index in [-0.39, 0.29) is 24.0 Å². The Bertz CT molecular complexity index is 1110. The molecule has 1 aromatic carbocycles. The van der Waals surface area contributed by atoms with E-state index in [1.807, 2.05) is 12.1 Å². The van der Waals surface area contributed by atoms with Gasteiger partial charge in [0.15, 0.2) is 5.78 Å². The maximum absolute atomic E-state index is 14.1. The lowest BCUT2D eigenvalue weighted by molar-refractivity contribution is -0.123. The van der Waals surface area contributed by atoms with Crippen molar-refractivity contribution in [3.63, 3.8) is 0 Å². The molecule has 2 saturated heterocycles. The number of piperidine rings is 1. The molecule has 0 amide bonds. The van der Waals surface area contributed by atoms with Gasteiger partial charge in [0.2, 0.25) is 0 Å². The number of hydrogen-bond acceptors (Lipinski definition) is 5. The molecule has 0 bridgehead atoms. The second-order valence-corrected chi connectivity index (χ2v) is 12.9. The Morgan fingerprint density at radius 2 is 1.95 bits per heavy atom. The zero-order chi connectivity index (χ0) is 26.1. The second kappa shape index (κ2) is 11.8. The van der Waals surface area contributed by atoms with Gasteiger partial charge in [0.25, 0.3) is 0 Å². The number of thiophene rings is 1. The summed E-state index contributed by atoms with van der Waals surface area (Å²) in [4.78, 5) is 18.0. The zero-order valence-electron chi connectivity index (χ0n) is 22.1. The molecule has 0 radical (unpaired) electrons. The Labute approximate surface area is 236 Å². The van der Waals surface area contributed by atoms with Crippen molar-refractivity contribution in [2.75, 3.05) is 5.01 Å². The van der Waals surface area contributed by atoms with Crippen LogP contribution >= 0.6 is 34.5 Å². The molecule has 1 N–H and O–H groups in total. The predicted octanol–water partition coefficient (Wildman–Crippen LogP) is 8.00. The lowest BCUT2D eigenvalue weighted by Gasteiger charge is -2.44. The number of nitrogens with zero attached hydrogens (tertiary/aromatic N) is 2. The molecule has 1 aliphatic carbocycles. The molecule has 1 aromatic heterocycles. The number of benzene rings is 1. The molecular weight excluding hydrogens is 521 g/mol. The zero-order valence-corrected chi connectivity index (χ0v) is 24.5. The van der Waals surface area contributed by atoms with E-state index in [0.717, 1.165) is 31.4 Å². The maximum atomic E-state index is 14.1. The number of carbonyl (C=O) groups excluding carboxylic acids is 1. The minimum Gasteiger partial charge on any atom is -0.299 e. The van der Waals surface area contributed by atoms with Gasteiger partial charge in [-0.2, -0.15) is 0 Å². The summed E-state index contributed by atoms with van der Waals surface area (Å²) in [6.45, 7) is 6.90. The molecule has 3 heterocycles. The van der Waals surface area contributed by atoms with Crippen LogP contribution in [-0.4, -0.2) is 40.9 Å². The Morgan fingerprint density at radius 3 is 2.62 bits per heavy atom. The minimum absolute atomic E-state index is 0.0939. The third-order valence-corrected chi connectivity index (χ3v) is 10.1. The van der Waals surface area contributed by atoms with Crippen LogP contribution in [0.2, 0.25) is 10.0 Å². The first-order valence-corrected chi connectivity index (χ1v) is 15.6. The van der Waals surface area contributed by atoms with Crippen LogP contribution in [0, 0.1) is 5.92 Å². The molecule has 3 aliphatic rings. The Hall–Kier alpha value is -1.37. The van der Waals surface area contributed by atoms with Crippen LogP contribution in [-0.2, 0) is 4.79 Å². The van der Waals surface area contributed by atoms with Crippen molar-refractivity contribution in [3.05, 3.63) is 56.2 Å². The van der Waals surface area contributed by atoms with Gasteiger partial charge in [-0.1, -0.05) is 42.6 Å². The lowest BCUT2D eigenvalue weighted by atomic mass is 9.76. The van der Waals surface area contributed by atoms with Crippen LogP contribution in [0.1, 0.15) is 77.0 Å². The third kappa shape index (κ3) is 5.67. The molecule has 4 nitrogen and oxygen atoms in total. The quantitative estimate of drug-likeness (QED) is 0.372. The van der Waals surface area contributed by atoms with Crippen LogP contribution in [0.15, 0.2) is 41.3 Å². The monoisotopic (exact) mass is 559 g/mol. The van der Waals surface area contributed by atoms with Crippen LogP contribution in [0.25, 0.3) is 6.08 Å². The average Bonchev–Trinajstić information content (AvgIpc) is 3.52. The fourth-order valence-electron chi connectivity index (χ4n) is 7.06. The first-order chi connectivity index (χ1) is 17.9. The molecule has 7 heteroatoms. The van der Waals surface area contributed by atoms with Crippen molar-refractivity contribution < 1.29 is 4.79 Å². The van der Waals surface area contributed by atoms with Gasteiger partial charge in [-0.3, -0.25) is 14.7 Å². The molecule has 37 heavy (non-hydrogen) atoms. The van der Waals surface area contributed by atoms with Crippen LogP contribution in [0.5, 0.6) is 0 Å². The predicted molar refractivity (Wildman–Crippen MR) is 158 cm³/mol. The van der Waals surface area contributed by atoms with E-state index in [1.54, 1.807) is 17.4 Å². The second-order valence-electron chi connectivity index (χ2n) is 11.1. The van der Waals surface area contributed by atoms with E-state index in [9.17, 15) is 4.79 Å². The number of carbonyl (C=O) groups is 1. The van der Waals surface area contributed by atoms with Gasteiger partial charge in [0, 0.05) is 40.4 Å². The van der Waals surface area contributed by atoms with Crippen molar-refractivity contribution in [2.24, 2.45) is 5.92 Å². The Kier molecular flexibility index (Phi) is 8.67. The smallest absolute Gasteiger partial charge is 0.153 e. The number of anilines is 1. The van der Waals surface area contributed by atoms with Gasteiger partial charge in [0.1, 0.15) is 0 Å². The Balaban J connectivity index is 1.45. The first kappa shape index (κ1) is 27.2. The number of ketones is 1. The van der Waals surface area contributed by atoms with Gasteiger partial charge >= 0.3 is 0 Å². The van der Waals surface area contributed by atoms with Gasteiger partial charge in [-0.25, -0.2) is 5.43 Å². The number of likely N-dealkylation sites (tertiary alicyclic amines) is 1. The molecule has 3 fully saturated rings. The first-order valence-electron chi connectivity index (χ1n) is 13.9. The number of halogens is 2. The molecule has 0 spiro atoms. The van der Waals surface area contributed by atoms with Crippen LogP contribution in [0.3, 0.4) is 0 Å². The van der Waals surface area contributed by atoms with E-state index in [0.29, 0.717) is 34.3 Å². The summed E-state index contributed by atoms with van der Waals surface area (Å²) in [5, 5.41) is 5.52. The summed E-state index contributed by atoms with van der Waals surface area (Å²) in [6.07, 6.45) is 10.8. The third-order valence-electron chi connectivity index (χ3n) is 8.75. The van der Waals surface area contributed by atoms with Crippen LogP contribution in [0.4, 0.5) is 5.69 Å². The van der Waals surface area contributed by atoms with Crippen molar-refractivity contribution in [3.8, 4) is 0 Å². The summed E-state index contributed by atoms with van der Waals surface area (Å²) < 4.78 is 0. The van der Waals surface area contributed by atoms with Gasteiger partial charge in [0.05, 0.1) is 22.8 Å². The molecule has 6 unspecified atom stereocenters. The SMILES string of the molecule is CCC(CC(=O)C1NN(c2ccc(Cl)cc2Cl)C2/C(=C/c3cccs3)CCCC12)N1C(C)CCCC1C. The number of hydrazine groups is 1. The summed E-state index contributed by atoms with van der Waals surface area (Å²) in [6, 6.07) is 11.1. The van der Waals surface area contributed by atoms with E-state index in [2.05, 4.69) is 59.7 Å². The van der Waals surface area contributed by atoms with E-state index < -0.39 is 0 Å². The van der Waals surface area contributed by atoms with E-state index in [1.165, 1.54) is 29.7 Å². The van der Waals surface area contributed by atoms with Crippen molar-refractivity contribution in [1.82, 2.24) is 10.3 Å². The summed E-state index contributed by atoms with van der Waals surface area (Å²) >= 11 is 14.7. The molecule has 200 valence electrons. The molecule has 1 saturated carbocycles. The fraction of sp³-hybridized carbons (Fsp3) is 0.567. The maximum Gasteiger partial charge on any atom is 0.153 e. The van der Waals surface area contributed by atoms with Crippen molar-refractivity contribution in [2.45, 2.75) is 102 Å². The molecule has 5 rings (SSSR count). The fourth-order valence-corrected chi connectivity index (χ4v) is 8.25. The van der Waals surface area contributed by atoms with Crippen molar-refractivity contribution in [1.29, 1.82) is 0 Å². The van der Waals surface area contributed by atoms with Crippen LogP contribution < -0.4 is 10.4 Å². The standard InChI is InChI=1S/C30H39Cl2N3OS/c1-4-23(34-19(2)8-5-9-20(34)3)18-28(36)29-25-12-6-10-21(16-24-11-7-15-37-24)30(25)35(33-29)27-14-13-22(31)17-26(27)32/h7,11,13-17,19-20,23,25,29-30,33H,4-6,8-10,12,18H2,1-3H3/b21-16+. The Morgan fingerprint density at radius 1 is 1.16 bits per heavy atom. The average molecular weight is 561 g/mol. The van der Waals surface area contributed by atoms with E-state index in [4.69, 9.17) is 23.2 Å². The largest absolute Gasteiger partial charge is 0.299 e. The highest BCUT2D eigenvalue weighted by molar-refractivity contribution is 7.10. The van der Waals surface area contributed by atoms with Gasteiger partial charge in [-0.15, -0.1) is 11.3 Å². The summed E-state index contributed by atoms with van der Waals surface area (Å²) in [7, 11) is 0. The number of fused-ring (bicyclic) bond motifs is 1. The van der Waals surface area contributed by atoms with E-state index >= 15 is 0 Å². The number of hydrogen-bond donors (Lipinski definition) is 1. The van der Waals surface area contributed by atoms with Crippen molar-refractivity contribution >= 4 is 52.1 Å². The molecule has 6 atom stereocenters. The minimum atomic E-state index is -0.215. The number of nitrogens with one attached hydrogen (secondary N) is 1. The molecule has 2 aromatic rings. The molecular formula is C30H39Cl2N3OS. The summed E-state index contributed by atoms with van der Waals surface area (Å²) in [5.41, 5.74) is 5.94. The lowest BCUT2D eigenvalue weighted by Crippen LogP contribution is -2.52. The number of Topliss-reactive ketones (excluding diaryl/α,β-unsaturated/α-hetero) is 1. The van der Waals surface area contributed by atoms with Gasteiger partial charge in [-0.05, 0) is 93.7 Å². The van der Waals surface area contributed by atoms with Gasteiger partial charge < -0.3 is 0 Å². The molecule has 2 aliphatic heterocycles. The number of rotatable bonds is 7.